The molecule has 0 spiro atoms. The number of amides is 1. The third kappa shape index (κ3) is 4.73. The van der Waals surface area contributed by atoms with E-state index < -0.39 is 5.60 Å². The predicted octanol–water partition coefficient (Wildman–Crippen LogP) is 4.95. The molecule has 26 heavy (non-hydrogen) atoms. The molecule has 1 amide bonds. The average molecular weight is 358 g/mol. The van der Waals surface area contributed by atoms with E-state index in [1.165, 1.54) is 0 Å². The van der Waals surface area contributed by atoms with E-state index in [4.69, 9.17) is 9.47 Å². The molecule has 0 fully saturated rings. The molecule has 0 bridgehead atoms. The number of fused-ring (bicyclic) bond motifs is 1. The van der Waals surface area contributed by atoms with E-state index in [1.807, 2.05) is 45.0 Å². The van der Waals surface area contributed by atoms with Gasteiger partial charge in [-0.3, -0.25) is 9.78 Å². The number of hydrogen-bond donors (Lipinski definition) is 1. The number of anilines is 1. The van der Waals surface area contributed by atoms with Gasteiger partial charge in [-0.05, 0) is 51.5 Å². The molecule has 1 N–H and O–H groups in total. The van der Waals surface area contributed by atoms with Gasteiger partial charge in [0.05, 0.1) is 11.8 Å². The van der Waals surface area contributed by atoms with Crippen LogP contribution in [0.1, 0.15) is 53.4 Å². The number of pyridine rings is 1. The standard InChI is InChI=1S/C21H30N2O3/c1-6-7-8-13-21(4,25-5)20(24)23-17-11-12-18(26-15(2)3)19-16(17)10-9-14-22-19/h9-12,14-15H,6-8,13H2,1-5H3,(H,23,24). The summed E-state index contributed by atoms with van der Waals surface area (Å²) in [5.74, 6) is 0.574. The summed E-state index contributed by atoms with van der Waals surface area (Å²) < 4.78 is 11.4. The molecule has 0 aliphatic heterocycles. The number of rotatable bonds is 9. The van der Waals surface area contributed by atoms with Crippen LogP contribution in [0.4, 0.5) is 5.69 Å². The molecule has 1 atom stereocenters. The molecule has 0 aliphatic carbocycles. The number of carbonyl (C=O) groups excluding carboxylic acids is 1. The van der Waals surface area contributed by atoms with Crippen molar-refractivity contribution in [1.29, 1.82) is 0 Å². The zero-order valence-electron chi connectivity index (χ0n) is 16.5. The molecule has 2 aromatic rings. The third-order valence-electron chi connectivity index (χ3n) is 4.53. The molecule has 0 radical (unpaired) electrons. The van der Waals surface area contributed by atoms with Gasteiger partial charge in [0.25, 0.3) is 5.91 Å². The highest BCUT2D eigenvalue weighted by molar-refractivity contribution is 6.05. The second-order valence-electron chi connectivity index (χ2n) is 7.02. The van der Waals surface area contributed by atoms with Gasteiger partial charge < -0.3 is 14.8 Å². The maximum absolute atomic E-state index is 12.9. The first-order valence-electron chi connectivity index (χ1n) is 9.32. The van der Waals surface area contributed by atoms with Crippen LogP contribution in [0.2, 0.25) is 0 Å². The van der Waals surface area contributed by atoms with E-state index >= 15 is 0 Å². The second kappa shape index (κ2) is 8.99. The van der Waals surface area contributed by atoms with E-state index in [1.54, 1.807) is 13.3 Å². The normalized spacial score (nSPS) is 13.6. The van der Waals surface area contributed by atoms with Crippen LogP contribution in [-0.4, -0.2) is 29.7 Å². The smallest absolute Gasteiger partial charge is 0.256 e. The fourth-order valence-electron chi connectivity index (χ4n) is 2.88. The van der Waals surface area contributed by atoms with E-state index in [9.17, 15) is 4.79 Å². The quantitative estimate of drug-likeness (QED) is 0.645. The van der Waals surface area contributed by atoms with E-state index in [0.717, 1.165) is 30.2 Å². The average Bonchev–Trinajstić information content (AvgIpc) is 2.63. The minimum atomic E-state index is -0.850. The van der Waals surface area contributed by atoms with Crippen molar-refractivity contribution in [3.63, 3.8) is 0 Å². The predicted molar refractivity (Wildman–Crippen MR) is 106 cm³/mol. The van der Waals surface area contributed by atoms with Gasteiger partial charge in [-0.25, -0.2) is 0 Å². The van der Waals surface area contributed by atoms with Gasteiger partial charge in [-0.15, -0.1) is 0 Å². The second-order valence-corrected chi connectivity index (χ2v) is 7.02. The molecule has 1 aromatic heterocycles. The van der Waals surface area contributed by atoms with Crippen LogP contribution in [-0.2, 0) is 9.53 Å². The number of aromatic nitrogens is 1. The number of hydrogen-bond acceptors (Lipinski definition) is 4. The van der Waals surface area contributed by atoms with Crippen molar-refractivity contribution < 1.29 is 14.3 Å². The monoisotopic (exact) mass is 358 g/mol. The maximum Gasteiger partial charge on any atom is 0.256 e. The highest BCUT2D eigenvalue weighted by Gasteiger charge is 2.32. The summed E-state index contributed by atoms with van der Waals surface area (Å²) in [5, 5.41) is 3.88. The van der Waals surface area contributed by atoms with Gasteiger partial charge >= 0.3 is 0 Å². The van der Waals surface area contributed by atoms with Crippen molar-refractivity contribution in [2.75, 3.05) is 12.4 Å². The summed E-state index contributed by atoms with van der Waals surface area (Å²) in [6, 6.07) is 7.51. The molecule has 0 aliphatic rings. The van der Waals surface area contributed by atoms with Crippen molar-refractivity contribution in [2.24, 2.45) is 0 Å². The topological polar surface area (TPSA) is 60.5 Å². The lowest BCUT2D eigenvalue weighted by atomic mass is 9.96. The van der Waals surface area contributed by atoms with Gasteiger partial charge in [-0.1, -0.05) is 26.2 Å². The van der Waals surface area contributed by atoms with Crippen LogP contribution in [0.5, 0.6) is 5.75 Å². The number of ether oxygens (including phenoxy) is 2. The Kier molecular flexibility index (Phi) is 6.98. The Labute approximate surface area is 156 Å². The lowest BCUT2D eigenvalue weighted by molar-refractivity contribution is -0.136. The first kappa shape index (κ1) is 20.2. The Bertz CT molecular complexity index is 745. The largest absolute Gasteiger partial charge is 0.489 e. The number of unbranched alkanes of at least 4 members (excludes halogenated alkanes) is 2. The Morgan fingerprint density at radius 2 is 2.04 bits per heavy atom. The van der Waals surface area contributed by atoms with Crippen LogP contribution in [0.3, 0.4) is 0 Å². The zero-order chi connectivity index (χ0) is 19.2. The first-order chi connectivity index (χ1) is 12.4. The Morgan fingerprint density at radius 1 is 1.27 bits per heavy atom. The maximum atomic E-state index is 12.9. The summed E-state index contributed by atoms with van der Waals surface area (Å²) in [5.41, 5.74) is 0.605. The summed E-state index contributed by atoms with van der Waals surface area (Å²) in [6.45, 7) is 7.94. The van der Waals surface area contributed by atoms with Gasteiger partial charge in [0.1, 0.15) is 16.9 Å². The van der Waals surface area contributed by atoms with Gasteiger partial charge in [0.15, 0.2) is 0 Å². The van der Waals surface area contributed by atoms with Crippen LogP contribution in [0.25, 0.3) is 10.9 Å². The summed E-state index contributed by atoms with van der Waals surface area (Å²) in [6.07, 6.45) is 5.61. The van der Waals surface area contributed by atoms with Crippen molar-refractivity contribution in [2.45, 2.75) is 65.1 Å². The molecular formula is C21H30N2O3. The fraction of sp³-hybridized carbons (Fsp3) is 0.524. The third-order valence-corrected chi connectivity index (χ3v) is 4.53. The van der Waals surface area contributed by atoms with Crippen molar-refractivity contribution >= 4 is 22.5 Å². The van der Waals surface area contributed by atoms with Crippen LogP contribution >= 0.6 is 0 Å². The number of nitrogens with one attached hydrogen (secondary N) is 1. The molecule has 5 heteroatoms. The molecule has 0 saturated heterocycles. The van der Waals surface area contributed by atoms with Crippen molar-refractivity contribution in [3.05, 3.63) is 30.5 Å². The van der Waals surface area contributed by atoms with Crippen molar-refractivity contribution in [3.8, 4) is 5.75 Å². The summed E-state index contributed by atoms with van der Waals surface area (Å²) >= 11 is 0. The van der Waals surface area contributed by atoms with Crippen molar-refractivity contribution in [1.82, 2.24) is 4.98 Å². The van der Waals surface area contributed by atoms with Gasteiger partial charge in [-0.2, -0.15) is 0 Å². The Morgan fingerprint density at radius 3 is 2.69 bits per heavy atom. The lowest BCUT2D eigenvalue weighted by Crippen LogP contribution is -2.42. The fourth-order valence-corrected chi connectivity index (χ4v) is 2.88. The highest BCUT2D eigenvalue weighted by Crippen LogP contribution is 2.31. The van der Waals surface area contributed by atoms with E-state index in [2.05, 4.69) is 17.2 Å². The van der Waals surface area contributed by atoms with E-state index in [0.29, 0.717) is 17.9 Å². The molecule has 142 valence electrons. The summed E-state index contributed by atoms with van der Waals surface area (Å²) in [4.78, 5) is 17.3. The summed E-state index contributed by atoms with van der Waals surface area (Å²) in [7, 11) is 1.59. The lowest BCUT2D eigenvalue weighted by Gasteiger charge is -2.27. The zero-order valence-corrected chi connectivity index (χ0v) is 16.5. The Hall–Kier alpha value is -2.14. The number of benzene rings is 1. The molecule has 1 heterocycles. The van der Waals surface area contributed by atoms with Crippen LogP contribution < -0.4 is 10.1 Å². The molecular weight excluding hydrogens is 328 g/mol. The number of carbonyl (C=O) groups is 1. The first-order valence-corrected chi connectivity index (χ1v) is 9.32. The SMILES string of the molecule is CCCCCC(C)(OC)C(=O)Nc1ccc(OC(C)C)c2ncccc12. The molecule has 1 unspecified atom stereocenters. The number of nitrogens with zero attached hydrogens (tertiary/aromatic N) is 1. The Balaban J connectivity index is 2.28. The van der Waals surface area contributed by atoms with E-state index in [-0.39, 0.29) is 12.0 Å². The molecule has 0 saturated carbocycles. The highest BCUT2D eigenvalue weighted by atomic mass is 16.5. The minimum absolute atomic E-state index is 0.0518. The van der Waals surface area contributed by atoms with Crippen LogP contribution in [0, 0.1) is 0 Å². The van der Waals surface area contributed by atoms with Gasteiger partial charge in [0, 0.05) is 18.7 Å². The number of methoxy groups -OCH3 is 1. The molecule has 1 aromatic carbocycles. The van der Waals surface area contributed by atoms with Crippen LogP contribution in [0.15, 0.2) is 30.5 Å². The molecule has 5 nitrogen and oxygen atoms in total. The molecule has 2 rings (SSSR count). The minimum Gasteiger partial charge on any atom is -0.489 e. The van der Waals surface area contributed by atoms with Gasteiger partial charge in [0.2, 0.25) is 0 Å².